The number of benzene rings is 2. The Morgan fingerprint density at radius 1 is 1.14 bits per heavy atom. The van der Waals surface area contributed by atoms with Crippen molar-refractivity contribution in [2.24, 2.45) is 0 Å². The number of aromatic amines is 1. The normalized spacial score (nSPS) is 10.7. The summed E-state index contributed by atoms with van der Waals surface area (Å²) in [5.41, 5.74) is 7.12. The Hall–Kier alpha value is -3.53. The summed E-state index contributed by atoms with van der Waals surface area (Å²) in [5.74, 6) is 0.564. The van der Waals surface area contributed by atoms with E-state index in [9.17, 15) is 10.1 Å². The summed E-state index contributed by atoms with van der Waals surface area (Å²) in [4.78, 5) is 20.2. The number of hydrogen-bond donors (Lipinski definition) is 2. The maximum atomic E-state index is 13.2. The van der Waals surface area contributed by atoms with Crippen molar-refractivity contribution in [1.82, 2.24) is 9.97 Å². The summed E-state index contributed by atoms with van der Waals surface area (Å²) < 4.78 is 5.73. The van der Waals surface area contributed by atoms with Gasteiger partial charge in [0, 0.05) is 24.5 Å². The molecule has 2 aromatic heterocycles. The first-order chi connectivity index (χ1) is 14.0. The molecule has 2 aromatic carbocycles. The van der Waals surface area contributed by atoms with Gasteiger partial charge < -0.3 is 15.5 Å². The molecule has 4 rings (SSSR count). The highest BCUT2D eigenvalue weighted by Gasteiger charge is 2.23. The summed E-state index contributed by atoms with van der Waals surface area (Å²) in [6.07, 6.45) is 2.82. The molecule has 142 valence electrons. The van der Waals surface area contributed by atoms with Gasteiger partial charge in [-0.05, 0) is 12.1 Å². The third-order valence-electron chi connectivity index (χ3n) is 4.33. The number of halogens is 2. The molecule has 0 aliphatic rings. The van der Waals surface area contributed by atoms with Gasteiger partial charge in [-0.15, -0.1) is 0 Å². The molecule has 0 spiro atoms. The molecule has 29 heavy (non-hydrogen) atoms. The van der Waals surface area contributed by atoms with E-state index in [4.69, 9.17) is 33.7 Å². The fourth-order valence-corrected chi connectivity index (χ4v) is 3.61. The topological polar surface area (TPSA) is 105 Å². The summed E-state index contributed by atoms with van der Waals surface area (Å²) in [6.45, 7) is 0. The average Bonchev–Trinajstić information content (AvgIpc) is 3.13. The molecule has 2 heterocycles. The van der Waals surface area contributed by atoms with Gasteiger partial charge in [-0.3, -0.25) is 4.79 Å². The lowest BCUT2D eigenvalue weighted by Gasteiger charge is -2.11. The number of para-hydroxylation sites is 1. The SMILES string of the molecule is N#Cc1cnc2[nH]cc(C(=O)c3c(Cl)cc(Oc4ccccc4)cc3Cl)c2c1N. The number of ether oxygens (including phenoxy) is 1. The van der Waals surface area contributed by atoms with E-state index in [0.717, 1.165) is 0 Å². The Morgan fingerprint density at radius 2 is 1.83 bits per heavy atom. The van der Waals surface area contributed by atoms with E-state index in [1.54, 1.807) is 12.1 Å². The second kappa shape index (κ2) is 7.47. The van der Waals surface area contributed by atoms with Crippen molar-refractivity contribution in [1.29, 1.82) is 5.26 Å². The van der Waals surface area contributed by atoms with E-state index in [2.05, 4.69) is 9.97 Å². The van der Waals surface area contributed by atoms with E-state index in [0.29, 0.717) is 22.5 Å². The first-order valence-electron chi connectivity index (χ1n) is 8.42. The molecule has 0 amide bonds. The van der Waals surface area contributed by atoms with Crippen molar-refractivity contribution in [2.75, 3.05) is 5.73 Å². The fourth-order valence-electron chi connectivity index (χ4n) is 2.97. The van der Waals surface area contributed by atoms with Gasteiger partial charge >= 0.3 is 0 Å². The molecule has 0 fully saturated rings. The molecule has 0 atom stereocenters. The number of anilines is 1. The Kier molecular flexibility index (Phi) is 4.85. The van der Waals surface area contributed by atoms with Crippen LogP contribution in [-0.4, -0.2) is 15.8 Å². The lowest BCUT2D eigenvalue weighted by atomic mass is 10.0. The summed E-state index contributed by atoms with van der Waals surface area (Å²) in [6, 6.07) is 14.1. The zero-order chi connectivity index (χ0) is 20.5. The summed E-state index contributed by atoms with van der Waals surface area (Å²) in [5, 5.41) is 9.79. The van der Waals surface area contributed by atoms with Crippen LogP contribution in [0.3, 0.4) is 0 Å². The zero-order valence-corrected chi connectivity index (χ0v) is 16.3. The fraction of sp³-hybridized carbons (Fsp3) is 0. The molecule has 0 aliphatic carbocycles. The molecule has 0 saturated carbocycles. The number of rotatable bonds is 4. The molecule has 0 bridgehead atoms. The number of nitrogens with one attached hydrogen (secondary N) is 1. The van der Waals surface area contributed by atoms with Crippen molar-refractivity contribution in [3.05, 3.63) is 81.6 Å². The molecule has 0 radical (unpaired) electrons. The van der Waals surface area contributed by atoms with Crippen LogP contribution in [0.5, 0.6) is 11.5 Å². The van der Waals surface area contributed by atoms with Crippen molar-refractivity contribution in [3.8, 4) is 17.6 Å². The Balaban J connectivity index is 1.77. The predicted octanol–water partition coefficient (Wildman–Crippen LogP) is 5.35. The molecule has 0 unspecified atom stereocenters. The van der Waals surface area contributed by atoms with Crippen molar-refractivity contribution in [2.45, 2.75) is 0 Å². The molecule has 6 nitrogen and oxygen atoms in total. The Bertz CT molecular complexity index is 1270. The van der Waals surface area contributed by atoms with Crippen LogP contribution in [0.1, 0.15) is 21.5 Å². The number of nitrogens with zero attached hydrogens (tertiary/aromatic N) is 2. The summed E-state index contributed by atoms with van der Waals surface area (Å²) >= 11 is 12.7. The van der Waals surface area contributed by atoms with E-state index in [1.165, 1.54) is 24.5 Å². The third kappa shape index (κ3) is 3.38. The standard InChI is InChI=1S/C21H12Cl2N4O2/c22-15-6-13(29-12-4-2-1-3-5-12)7-16(23)18(15)20(28)14-10-27-21-17(14)19(25)11(8-24)9-26-21/h1-7,9-10H,(H3,25,26,27). The maximum absolute atomic E-state index is 13.2. The third-order valence-corrected chi connectivity index (χ3v) is 4.92. The molecule has 0 aliphatic heterocycles. The van der Waals surface area contributed by atoms with Crippen LogP contribution >= 0.6 is 23.2 Å². The number of fused-ring (bicyclic) bond motifs is 1. The van der Waals surface area contributed by atoms with Gasteiger partial charge in [-0.2, -0.15) is 5.26 Å². The number of nitrogen functional groups attached to an aromatic ring is 1. The molecule has 8 heteroatoms. The number of carbonyl (C=O) groups excluding carboxylic acids is 1. The monoisotopic (exact) mass is 422 g/mol. The van der Waals surface area contributed by atoms with Crippen LogP contribution in [0.25, 0.3) is 11.0 Å². The predicted molar refractivity (Wildman–Crippen MR) is 112 cm³/mol. The average molecular weight is 423 g/mol. The molecule has 3 N–H and O–H groups in total. The smallest absolute Gasteiger partial charge is 0.198 e. The number of nitrogens with two attached hydrogens (primary N) is 1. The van der Waals surface area contributed by atoms with Gasteiger partial charge in [0.15, 0.2) is 5.78 Å². The van der Waals surface area contributed by atoms with Crippen LogP contribution in [0.2, 0.25) is 10.0 Å². The number of nitriles is 1. The number of ketones is 1. The lowest BCUT2D eigenvalue weighted by Crippen LogP contribution is -2.05. The number of pyridine rings is 1. The van der Waals surface area contributed by atoms with E-state index in [-0.39, 0.29) is 32.4 Å². The molecular formula is C21H12Cl2N4O2. The maximum Gasteiger partial charge on any atom is 0.198 e. The van der Waals surface area contributed by atoms with Gasteiger partial charge in [0.05, 0.1) is 37.8 Å². The minimum Gasteiger partial charge on any atom is -0.457 e. The minimum absolute atomic E-state index is 0.108. The van der Waals surface area contributed by atoms with E-state index in [1.807, 2.05) is 24.3 Å². The van der Waals surface area contributed by atoms with Crippen molar-refractivity contribution in [3.63, 3.8) is 0 Å². The van der Waals surface area contributed by atoms with Gasteiger partial charge in [-0.1, -0.05) is 41.4 Å². The highest BCUT2D eigenvalue weighted by Crippen LogP contribution is 2.36. The van der Waals surface area contributed by atoms with E-state index < -0.39 is 5.78 Å². The van der Waals surface area contributed by atoms with Gasteiger partial charge in [-0.25, -0.2) is 4.98 Å². The van der Waals surface area contributed by atoms with Gasteiger partial charge in [0.1, 0.15) is 23.2 Å². The number of aromatic nitrogens is 2. The van der Waals surface area contributed by atoms with Crippen molar-refractivity contribution >= 4 is 45.7 Å². The van der Waals surface area contributed by atoms with Gasteiger partial charge in [0.25, 0.3) is 0 Å². The van der Waals surface area contributed by atoms with Crippen LogP contribution in [-0.2, 0) is 0 Å². The highest BCUT2D eigenvalue weighted by atomic mass is 35.5. The van der Waals surface area contributed by atoms with Crippen LogP contribution in [0, 0.1) is 11.3 Å². The van der Waals surface area contributed by atoms with Crippen LogP contribution in [0.4, 0.5) is 5.69 Å². The largest absolute Gasteiger partial charge is 0.457 e. The first-order valence-corrected chi connectivity index (χ1v) is 9.17. The highest BCUT2D eigenvalue weighted by molar-refractivity contribution is 6.42. The molecular weight excluding hydrogens is 411 g/mol. The first kappa shape index (κ1) is 18.8. The number of H-pyrrole nitrogens is 1. The molecule has 4 aromatic rings. The minimum atomic E-state index is -0.443. The number of hydrogen-bond acceptors (Lipinski definition) is 5. The molecule has 0 saturated heterocycles. The Morgan fingerprint density at radius 3 is 2.48 bits per heavy atom. The Labute approximate surface area is 175 Å². The second-order valence-corrected chi connectivity index (χ2v) is 6.94. The number of carbonyl (C=O) groups is 1. The summed E-state index contributed by atoms with van der Waals surface area (Å²) in [7, 11) is 0. The lowest BCUT2D eigenvalue weighted by molar-refractivity contribution is 0.104. The van der Waals surface area contributed by atoms with E-state index >= 15 is 0 Å². The van der Waals surface area contributed by atoms with Gasteiger partial charge in [0.2, 0.25) is 0 Å². The second-order valence-electron chi connectivity index (χ2n) is 6.13. The zero-order valence-electron chi connectivity index (χ0n) is 14.7. The van der Waals surface area contributed by atoms with Crippen molar-refractivity contribution < 1.29 is 9.53 Å². The quantitative estimate of drug-likeness (QED) is 0.431. The van der Waals surface area contributed by atoms with Crippen LogP contribution in [0.15, 0.2) is 54.9 Å². The van der Waals surface area contributed by atoms with Crippen LogP contribution < -0.4 is 10.5 Å².